The maximum atomic E-state index is 12.5. The second-order valence-electron chi connectivity index (χ2n) is 6.21. The van der Waals surface area contributed by atoms with Gasteiger partial charge in [-0.25, -0.2) is 4.68 Å². The highest BCUT2D eigenvalue weighted by molar-refractivity contribution is 5.81. The van der Waals surface area contributed by atoms with E-state index < -0.39 is 0 Å². The van der Waals surface area contributed by atoms with E-state index in [1.807, 2.05) is 23.6 Å². The highest BCUT2D eigenvalue weighted by Crippen LogP contribution is 2.10. The number of aromatic nitrogens is 5. The quantitative estimate of drug-likeness (QED) is 0.591. The number of hydrogen-bond donors (Lipinski definition) is 1. The van der Waals surface area contributed by atoms with E-state index in [9.17, 15) is 9.59 Å². The third-order valence-corrected chi connectivity index (χ3v) is 4.21. The first kappa shape index (κ1) is 18.7. The third-order valence-electron chi connectivity index (χ3n) is 4.21. The van der Waals surface area contributed by atoms with E-state index in [-0.39, 0.29) is 24.1 Å². The van der Waals surface area contributed by atoms with E-state index in [1.54, 1.807) is 31.8 Å². The Morgan fingerprint density at radius 1 is 1.33 bits per heavy atom. The smallest absolute Gasteiger partial charge is 0.275 e. The van der Waals surface area contributed by atoms with Crippen LogP contribution in [0.4, 0.5) is 0 Å². The van der Waals surface area contributed by atoms with Crippen LogP contribution in [0.5, 0.6) is 0 Å². The van der Waals surface area contributed by atoms with Gasteiger partial charge in [0.25, 0.3) is 5.56 Å². The Labute approximate surface area is 156 Å². The summed E-state index contributed by atoms with van der Waals surface area (Å²) in [6.07, 6.45) is 4.03. The molecule has 3 rings (SSSR count). The average molecular weight is 370 g/mol. The minimum absolute atomic E-state index is 0.161. The van der Waals surface area contributed by atoms with E-state index in [1.165, 1.54) is 0 Å². The number of benzene rings is 1. The average Bonchev–Trinajstić information content (AvgIpc) is 3.13. The molecular formula is C18H22N6O3. The summed E-state index contributed by atoms with van der Waals surface area (Å²) >= 11 is 0. The molecule has 0 spiro atoms. The molecule has 0 radical (unpaired) electrons. The Bertz CT molecular complexity index is 980. The largest absolute Gasteiger partial charge is 0.385 e. The molecule has 0 saturated carbocycles. The van der Waals surface area contributed by atoms with Gasteiger partial charge in [-0.05, 0) is 19.4 Å². The van der Waals surface area contributed by atoms with Gasteiger partial charge in [0, 0.05) is 25.6 Å². The highest BCUT2D eigenvalue weighted by atomic mass is 16.5. The molecule has 3 aromatic rings. The molecule has 0 aliphatic carbocycles. The number of aryl methyl sites for hydroxylation is 1. The van der Waals surface area contributed by atoms with Crippen molar-refractivity contribution in [2.75, 3.05) is 13.7 Å². The Morgan fingerprint density at radius 3 is 2.96 bits per heavy atom. The van der Waals surface area contributed by atoms with Crippen LogP contribution in [-0.4, -0.2) is 44.2 Å². The van der Waals surface area contributed by atoms with Gasteiger partial charge in [0.1, 0.15) is 12.9 Å². The van der Waals surface area contributed by atoms with Crippen LogP contribution in [0.1, 0.15) is 25.2 Å². The second-order valence-corrected chi connectivity index (χ2v) is 6.21. The summed E-state index contributed by atoms with van der Waals surface area (Å²) in [6.45, 7) is 2.99. The van der Waals surface area contributed by atoms with Crippen molar-refractivity contribution in [1.82, 2.24) is 29.9 Å². The zero-order valence-corrected chi connectivity index (χ0v) is 15.3. The topological polar surface area (TPSA) is 104 Å². The van der Waals surface area contributed by atoms with Gasteiger partial charge in [0.15, 0.2) is 5.82 Å². The van der Waals surface area contributed by atoms with Crippen LogP contribution in [0.15, 0.2) is 41.6 Å². The zero-order chi connectivity index (χ0) is 19.2. The fourth-order valence-electron chi connectivity index (χ4n) is 2.88. The molecule has 1 amide bonds. The monoisotopic (exact) mass is 370 g/mol. The zero-order valence-electron chi connectivity index (χ0n) is 15.3. The second kappa shape index (κ2) is 8.54. The van der Waals surface area contributed by atoms with Crippen LogP contribution in [0.25, 0.3) is 10.8 Å². The van der Waals surface area contributed by atoms with Gasteiger partial charge in [-0.3, -0.25) is 9.59 Å². The number of ether oxygens (including phenoxy) is 1. The minimum Gasteiger partial charge on any atom is -0.385 e. The molecule has 0 bridgehead atoms. The molecule has 9 heteroatoms. The first-order valence-electron chi connectivity index (χ1n) is 8.71. The number of carbonyl (C=O) groups is 1. The van der Waals surface area contributed by atoms with Crippen molar-refractivity contribution in [2.45, 2.75) is 32.5 Å². The molecule has 1 N–H and O–H groups in total. The van der Waals surface area contributed by atoms with Crippen molar-refractivity contribution in [3.8, 4) is 0 Å². The predicted molar refractivity (Wildman–Crippen MR) is 99.1 cm³/mol. The maximum Gasteiger partial charge on any atom is 0.275 e. The Morgan fingerprint density at radius 2 is 2.15 bits per heavy atom. The van der Waals surface area contributed by atoms with Gasteiger partial charge < -0.3 is 14.6 Å². The van der Waals surface area contributed by atoms with Crippen molar-refractivity contribution < 1.29 is 9.53 Å². The van der Waals surface area contributed by atoms with Crippen molar-refractivity contribution in [3.63, 3.8) is 0 Å². The lowest BCUT2D eigenvalue weighted by molar-refractivity contribution is -0.122. The Balaban J connectivity index is 1.67. The molecule has 1 aromatic carbocycles. The number of nitrogens with one attached hydrogen (secondary N) is 1. The number of carbonyl (C=O) groups excluding carboxylic acids is 1. The molecule has 142 valence electrons. The Hall–Kier alpha value is -3.07. The molecular weight excluding hydrogens is 348 g/mol. The number of hydrogen-bond acceptors (Lipinski definition) is 6. The SMILES string of the molecule is COCCCn1cnnc1[C@@H](C)NC(=O)Cn1ncc2ccccc2c1=O. The van der Waals surface area contributed by atoms with Gasteiger partial charge in [0.2, 0.25) is 5.91 Å². The molecule has 27 heavy (non-hydrogen) atoms. The number of nitrogens with zero attached hydrogens (tertiary/aromatic N) is 5. The summed E-state index contributed by atoms with van der Waals surface area (Å²) in [4.78, 5) is 24.9. The molecule has 9 nitrogen and oxygen atoms in total. The van der Waals surface area contributed by atoms with E-state index >= 15 is 0 Å². The summed E-state index contributed by atoms with van der Waals surface area (Å²) in [5.74, 6) is 0.331. The van der Waals surface area contributed by atoms with Crippen molar-refractivity contribution >= 4 is 16.7 Å². The summed E-state index contributed by atoms with van der Waals surface area (Å²) in [7, 11) is 1.65. The van der Waals surface area contributed by atoms with E-state index in [2.05, 4.69) is 20.6 Å². The van der Waals surface area contributed by atoms with Gasteiger partial charge >= 0.3 is 0 Å². The van der Waals surface area contributed by atoms with E-state index in [4.69, 9.17) is 4.74 Å². The van der Waals surface area contributed by atoms with Crippen LogP contribution >= 0.6 is 0 Å². The predicted octanol–water partition coefficient (Wildman–Crippen LogP) is 0.902. The fraction of sp³-hybridized carbons (Fsp3) is 0.389. The van der Waals surface area contributed by atoms with Crippen LogP contribution in [0, 0.1) is 0 Å². The standard InChI is InChI=1S/C18H22N6O3/c1-13(17-22-19-12-23(17)8-5-9-27-2)21-16(25)11-24-18(26)15-7-4-3-6-14(15)10-20-24/h3-4,6-7,10,12-13H,5,8-9,11H2,1-2H3,(H,21,25)/t13-/m1/s1. The van der Waals surface area contributed by atoms with Crippen LogP contribution in [0.3, 0.4) is 0 Å². The first-order chi connectivity index (χ1) is 13.1. The van der Waals surface area contributed by atoms with Gasteiger partial charge in [0.05, 0.1) is 17.6 Å². The third kappa shape index (κ3) is 4.37. The van der Waals surface area contributed by atoms with Gasteiger partial charge in [-0.2, -0.15) is 5.10 Å². The fourth-order valence-corrected chi connectivity index (χ4v) is 2.88. The maximum absolute atomic E-state index is 12.5. The van der Waals surface area contributed by atoms with E-state index in [0.29, 0.717) is 24.4 Å². The van der Waals surface area contributed by atoms with Crippen molar-refractivity contribution in [2.24, 2.45) is 0 Å². The Kier molecular flexibility index (Phi) is 5.92. The lowest BCUT2D eigenvalue weighted by Gasteiger charge is -2.15. The highest BCUT2D eigenvalue weighted by Gasteiger charge is 2.17. The number of methoxy groups -OCH3 is 1. The molecule has 2 aromatic heterocycles. The molecule has 0 aliphatic heterocycles. The summed E-state index contributed by atoms with van der Waals surface area (Å²) in [5, 5.41) is 16.2. The van der Waals surface area contributed by atoms with Crippen molar-refractivity contribution in [1.29, 1.82) is 0 Å². The summed E-state index contributed by atoms with van der Waals surface area (Å²) < 4.78 is 8.09. The molecule has 0 unspecified atom stereocenters. The van der Waals surface area contributed by atoms with Crippen LogP contribution < -0.4 is 10.9 Å². The normalized spacial score (nSPS) is 12.2. The summed E-state index contributed by atoms with van der Waals surface area (Å²) in [6, 6.07) is 6.81. The molecule has 0 saturated heterocycles. The number of fused-ring (bicyclic) bond motifs is 1. The summed E-state index contributed by atoms with van der Waals surface area (Å²) in [5.41, 5.74) is -0.293. The van der Waals surface area contributed by atoms with Crippen molar-refractivity contribution in [3.05, 3.63) is 53.0 Å². The lowest BCUT2D eigenvalue weighted by atomic mass is 10.2. The van der Waals surface area contributed by atoms with Gasteiger partial charge in [-0.15, -0.1) is 10.2 Å². The lowest BCUT2D eigenvalue weighted by Crippen LogP contribution is -2.35. The molecule has 1 atom stereocenters. The minimum atomic E-state index is -0.348. The van der Waals surface area contributed by atoms with Gasteiger partial charge in [-0.1, -0.05) is 18.2 Å². The first-order valence-corrected chi connectivity index (χ1v) is 8.71. The number of amides is 1. The number of rotatable bonds is 8. The van der Waals surface area contributed by atoms with Crippen LogP contribution in [-0.2, 0) is 22.6 Å². The molecule has 0 fully saturated rings. The van der Waals surface area contributed by atoms with Crippen LogP contribution in [0.2, 0.25) is 0 Å². The molecule has 0 aliphatic rings. The molecule has 2 heterocycles. The van der Waals surface area contributed by atoms with E-state index in [0.717, 1.165) is 16.5 Å².